The van der Waals surface area contributed by atoms with Crippen molar-refractivity contribution >= 4 is 21.8 Å². The van der Waals surface area contributed by atoms with Crippen molar-refractivity contribution in [2.75, 3.05) is 30.3 Å². The van der Waals surface area contributed by atoms with E-state index in [0.29, 0.717) is 18.3 Å². The first-order valence-corrected chi connectivity index (χ1v) is 9.69. The largest absolute Gasteiger partial charge is 0.369 e. The average molecular weight is 385 g/mol. The third kappa shape index (κ3) is 6.19. The van der Waals surface area contributed by atoms with Crippen molar-refractivity contribution < 1.29 is 17.2 Å². The molecule has 3 N–H and O–H groups in total. The van der Waals surface area contributed by atoms with E-state index in [9.17, 15) is 17.2 Å². The van der Waals surface area contributed by atoms with Crippen LogP contribution in [0.2, 0.25) is 0 Å². The topological polar surface area (TPSA) is 96.0 Å². The van der Waals surface area contributed by atoms with Crippen LogP contribution in [0.1, 0.15) is 18.2 Å². The molecule has 0 fully saturated rings. The monoisotopic (exact) mass is 385 g/mol. The van der Waals surface area contributed by atoms with E-state index in [1.165, 1.54) is 0 Å². The van der Waals surface area contributed by atoms with Crippen molar-refractivity contribution in [3.63, 3.8) is 0 Å². The summed E-state index contributed by atoms with van der Waals surface area (Å²) in [6.45, 7) is 4.77. The molecule has 26 heavy (non-hydrogen) atoms. The molecule has 0 aliphatic rings. The molecule has 1 aromatic heterocycles. The molecule has 1 heterocycles. The molecule has 0 amide bonds. The van der Waals surface area contributed by atoms with E-state index >= 15 is 0 Å². The molecule has 0 radical (unpaired) electrons. The molecular formula is C16H21F2N5O2S. The van der Waals surface area contributed by atoms with Crippen molar-refractivity contribution in [1.82, 2.24) is 14.7 Å². The molecular weight excluding hydrogens is 364 g/mol. The van der Waals surface area contributed by atoms with E-state index in [-0.39, 0.29) is 18.7 Å². The third-order valence-electron chi connectivity index (χ3n) is 3.30. The quantitative estimate of drug-likeness (QED) is 0.572. The van der Waals surface area contributed by atoms with Gasteiger partial charge in [-0.3, -0.25) is 0 Å². The van der Waals surface area contributed by atoms with Gasteiger partial charge in [0.1, 0.15) is 17.5 Å². The number of sulfonamides is 1. The number of nitrogens with zero attached hydrogens (tertiary/aromatic N) is 2. The van der Waals surface area contributed by atoms with E-state index in [1.54, 1.807) is 6.07 Å². The van der Waals surface area contributed by atoms with E-state index in [4.69, 9.17) is 0 Å². The molecule has 0 atom stereocenters. The van der Waals surface area contributed by atoms with E-state index in [1.807, 2.05) is 13.8 Å². The summed E-state index contributed by atoms with van der Waals surface area (Å²) in [5.41, 5.74) is 0.549. The lowest BCUT2D eigenvalue weighted by molar-refractivity contribution is 0.571. The van der Waals surface area contributed by atoms with Gasteiger partial charge in [0.25, 0.3) is 0 Å². The van der Waals surface area contributed by atoms with Crippen LogP contribution in [0.25, 0.3) is 0 Å². The second-order valence-corrected chi connectivity index (χ2v) is 7.37. The zero-order valence-electron chi connectivity index (χ0n) is 14.5. The lowest BCUT2D eigenvalue weighted by atomic mass is 10.2. The molecule has 0 unspecified atom stereocenters. The minimum Gasteiger partial charge on any atom is -0.369 e. The maximum absolute atomic E-state index is 13.6. The fraction of sp³-hybridized carbons (Fsp3) is 0.375. The van der Waals surface area contributed by atoms with Gasteiger partial charge in [-0.2, -0.15) is 4.98 Å². The summed E-state index contributed by atoms with van der Waals surface area (Å²) < 4.78 is 53.0. The molecule has 142 valence electrons. The summed E-state index contributed by atoms with van der Waals surface area (Å²) in [6.07, 6.45) is 0. The van der Waals surface area contributed by atoms with Gasteiger partial charge in [-0.1, -0.05) is 0 Å². The first kappa shape index (κ1) is 20.0. The predicted molar refractivity (Wildman–Crippen MR) is 96.4 cm³/mol. The van der Waals surface area contributed by atoms with E-state index < -0.39 is 27.4 Å². The fourth-order valence-corrected chi connectivity index (χ4v) is 3.35. The minimum atomic E-state index is -3.80. The number of benzene rings is 1. The van der Waals surface area contributed by atoms with Gasteiger partial charge in [0.2, 0.25) is 16.0 Å². The third-order valence-corrected chi connectivity index (χ3v) is 4.63. The summed E-state index contributed by atoms with van der Waals surface area (Å²) in [6, 6.07) is 4.45. The van der Waals surface area contributed by atoms with Crippen molar-refractivity contribution in [1.29, 1.82) is 0 Å². The molecule has 0 spiro atoms. The number of hydrogen-bond acceptors (Lipinski definition) is 6. The molecule has 0 saturated heterocycles. The second kappa shape index (κ2) is 8.86. The summed E-state index contributed by atoms with van der Waals surface area (Å²) in [5.74, 6) is -1.04. The maximum Gasteiger partial charge on any atom is 0.224 e. The van der Waals surface area contributed by atoms with Gasteiger partial charge in [0.15, 0.2) is 0 Å². The smallest absolute Gasteiger partial charge is 0.224 e. The molecule has 1 aromatic carbocycles. The zero-order chi connectivity index (χ0) is 19.2. The second-order valence-electron chi connectivity index (χ2n) is 5.56. The molecule has 0 aliphatic carbocycles. The summed E-state index contributed by atoms with van der Waals surface area (Å²) >= 11 is 0. The summed E-state index contributed by atoms with van der Waals surface area (Å²) in [4.78, 5) is 8.46. The van der Waals surface area contributed by atoms with Crippen LogP contribution in [-0.2, 0) is 15.8 Å². The molecule has 10 heteroatoms. The lowest BCUT2D eigenvalue weighted by Crippen LogP contribution is -2.30. The first-order valence-electron chi connectivity index (χ1n) is 8.04. The van der Waals surface area contributed by atoms with Crippen LogP contribution in [0.4, 0.5) is 20.5 Å². The van der Waals surface area contributed by atoms with Gasteiger partial charge >= 0.3 is 0 Å². The van der Waals surface area contributed by atoms with Crippen LogP contribution < -0.4 is 15.4 Å². The van der Waals surface area contributed by atoms with Crippen LogP contribution >= 0.6 is 0 Å². The summed E-state index contributed by atoms with van der Waals surface area (Å²) in [7, 11) is -3.80. The van der Waals surface area contributed by atoms with Gasteiger partial charge in [-0.05, 0) is 32.0 Å². The highest BCUT2D eigenvalue weighted by atomic mass is 32.2. The van der Waals surface area contributed by atoms with Gasteiger partial charge in [-0.15, -0.1) is 0 Å². The molecule has 0 aliphatic heterocycles. The Labute approximate surface area is 151 Å². The van der Waals surface area contributed by atoms with E-state index in [2.05, 4.69) is 25.3 Å². The lowest BCUT2D eigenvalue weighted by Gasteiger charge is -2.10. The Morgan fingerprint density at radius 2 is 1.85 bits per heavy atom. The maximum atomic E-state index is 13.6. The van der Waals surface area contributed by atoms with Crippen LogP contribution in [0.3, 0.4) is 0 Å². The Hall–Kier alpha value is -2.33. The van der Waals surface area contributed by atoms with Crippen LogP contribution in [0.5, 0.6) is 0 Å². The number of halogens is 2. The number of aryl methyl sites for hydroxylation is 1. The highest BCUT2D eigenvalue weighted by Gasteiger charge is 2.15. The zero-order valence-corrected chi connectivity index (χ0v) is 15.3. The van der Waals surface area contributed by atoms with Crippen molar-refractivity contribution in [3.05, 3.63) is 47.2 Å². The summed E-state index contributed by atoms with van der Waals surface area (Å²) in [5, 5.41) is 5.99. The molecule has 2 aromatic rings. The molecule has 0 bridgehead atoms. The van der Waals surface area contributed by atoms with Crippen LogP contribution in [-0.4, -0.2) is 38.0 Å². The average Bonchev–Trinajstić information content (AvgIpc) is 2.55. The highest BCUT2D eigenvalue weighted by molar-refractivity contribution is 7.88. The number of anilines is 2. The van der Waals surface area contributed by atoms with Gasteiger partial charge < -0.3 is 10.6 Å². The number of hydrogen-bond donors (Lipinski definition) is 3. The number of aromatic nitrogens is 2. The normalized spacial score (nSPS) is 11.4. The van der Waals surface area contributed by atoms with Gasteiger partial charge in [0.05, 0.1) is 5.75 Å². The van der Waals surface area contributed by atoms with Crippen LogP contribution in [0.15, 0.2) is 24.3 Å². The predicted octanol–water partition coefficient (Wildman–Crippen LogP) is 2.03. The minimum absolute atomic E-state index is 0.0683. The number of rotatable bonds is 9. The van der Waals surface area contributed by atoms with Crippen molar-refractivity contribution in [2.45, 2.75) is 19.6 Å². The van der Waals surface area contributed by atoms with Crippen LogP contribution in [0, 0.1) is 18.6 Å². The van der Waals surface area contributed by atoms with Crippen molar-refractivity contribution in [2.24, 2.45) is 0 Å². The SMILES string of the molecule is CCNc1nc(C)cc(NCCNS(=O)(=O)Cc2cc(F)ccc2F)n1. The number of nitrogens with one attached hydrogen (secondary N) is 3. The Bertz CT molecular complexity index is 862. The Kier molecular flexibility index (Phi) is 6.81. The Balaban J connectivity index is 1.88. The standard InChI is InChI=1S/C16H21F2N5O2S/c1-3-19-16-22-11(2)8-15(23-16)20-6-7-21-26(24,25)10-12-9-13(17)4-5-14(12)18/h4-5,8-9,21H,3,6-7,10H2,1-2H3,(H2,19,20,22,23). The Morgan fingerprint density at radius 3 is 2.58 bits per heavy atom. The Morgan fingerprint density at radius 1 is 1.08 bits per heavy atom. The first-order chi connectivity index (χ1) is 12.3. The fourth-order valence-electron chi connectivity index (χ4n) is 2.20. The molecule has 7 nitrogen and oxygen atoms in total. The molecule has 2 rings (SSSR count). The molecule has 0 saturated carbocycles. The highest BCUT2D eigenvalue weighted by Crippen LogP contribution is 2.13. The van der Waals surface area contributed by atoms with E-state index in [0.717, 1.165) is 23.9 Å². The van der Waals surface area contributed by atoms with Crippen molar-refractivity contribution in [3.8, 4) is 0 Å². The van der Waals surface area contributed by atoms with Gasteiger partial charge in [0, 0.05) is 37.0 Å². The van der Waals surface area contributed by atoms with Gasteiger partial charge in [-0.25, -0.2) is 26.9 Å².